The van der Waals surface area contributed by atoms with Crippen molar-refractivity contribution in [3.05, 3.63) is 85.4 Å². The Kier molecular flexibility index (Phi) is 3.76. The van der Waals surface area contributed by atoms with Gasteiger partial charge in [0.1, 0.15) is 0 Å². The highest BCUT2D eigenvalue weighted by Gasteiger charge is 2.38. The number of halogens is 1. The number of pyridine rings is 1. The van der Waals surface area contributed by atoms with Crippen molar-refractivity contribution in [3.63, 3.8) is 0 Å². The van der Waals surface area contributed by atoms with Gasteiger partial charge in [0.05, 0.1) is 25.5 Å². The Morgan fingerprint density at radius 3 is 2.79 bits per heavy atom. The normalized spacial score (nSPS) is 18.6. The topological polar surface area (TPSA) is 68.4 Å². The first-order valence-corrected chi connectivity index (χ1v) is 8.56. The van der Waals surface area contributed by atoms with Gasteiger partial charge < -0.3 is 0 Å². The van der Waals surface area contributed by atoms with E-state index in [2.05, 4.69) is 27.6 Å². The zero-order valence-corrected chi connectivity index (χ0v) is 14.7. The van der Waals surface area contributed by atoms with Crippen LogP contribution in [0.5, 0.6) is 0 Å². The molecule has 6 heteroatoms. The van der Waals surface area contributed by atoms with E-state index in [0.717, 1.165) is 28.9 Å². The summed E-state index contributed by atoms with van der Waals surface area (Å²) in [5, 5.41) is 11.6. The van der Waals surface area contributed by atoms with E-state index in [-0.39, 0.29) is 16.5 Å². The molecule has 0 bridgehead atoms. The van der Waals surface area contributed by atoms with Gasteiger partial charge in [-0.15, -0.1) is 0 Å². The van der Waals surface area contributed by atoms with Crippen molar-refractivity contribution in [2.45, 2.75) is 6.42 Å². The van der Waals surface area contributed by atoms with E-state index in [1.165, 1.54) is 0 Å². The molecule has 1 aromatic heterocycles. The molecule has 0 spiro atoms. The number of aliphatic imine (C=N–C) groups is 1. The molecule has 0 fully saturated rings. The van der Waals surface area contributed by atoms with Crippen molar-refractivity contribution in [2.75, 3.05) is 0 Å². The standard InChI is InChI=1S/C18H12IN3O2/c19-14-9-12(8-11-4-3-7-20-10-11)17-16(18(14)22(23)24)13-5-1-2-6-15(13)21-17/h1-7,9-10,12H,8H2. The summed E-state index contributed by atoms with van der Waals surface area (Å²) in [5.41, 5.74) is 4.34. The summed E-state index contributed by atoms with van der Waals surface area (Å²) in [7, 11) is 0. The Morgan fingerprint density at radius 1 is 1.21 bits per heavy atom. The maximum absolute atomic E-state index is 11.6. The average Bonchev–Trinajstić information content (AvgIpc) is 2.95. The van der Waals surface area contributed by atoms with Crippen LogP contribution in [0.25, 0.3) is 5.57 Å². The molecule has 0 N–H and O–H groups in total. The molecule has 0 amide bonds. The SMILES string of the molecule is O=[N+]([O-])C1=C2C(=Nc3ccccc32)C(Cc2cccnc2)C=C1I. The molecule has 1 aromatic carbocycles. The van der Waals surface area contributed by atoms with Crippen molar-refractivity contribution in [3.8, 4) is 0 Å². The molecule has 1 aliphatic heterocycles. The van der Waals surface area contributed by atoms with E-state index in [0.29, 0.717) is 9.15 Å². The van der Waals surface area contributed by atoms with E-state index >= 15 is 0 Å². The quantitative estimate of drug-likeness (QED) is 0.414. The molecule has 1 atom stereocenters. The lowest BCUT2D eigenvalue weighted by Crippen LogP contribution is -2.22. The van der Waals surface area contributed by atoms with Gasteiger partial charge in [-0.05, 0) is 46.7 Å². The molecule has 1 aliphatic carbocycles. The number of hydrogen-bond donors (Lipinski definition) is 0. The third-order valence-electron chi connectivity index (χ3n) is 4.19. The van der Waals surface area contributed by atoms with Crippen LogP contribution >= 0.6 is 22.6 Å². The van der Waals surface area contributed by atoms with Gasteiger partial charge in [-0.25, -0.2) is 0 Å². The number of benzene rings is 1. The monoisotopic (exact) mass is 429 g/mol. The van der Waals surface area contributed by atoms with Crippen molar-refractivity contribution >= 4 is 39.6 Å². The molecular formula is C18H12IN3O2. The summed E-state index contributed by atoms with van der Waals surface area (Å²) in [6, 6.07) is 11.5. The number of hydrogen-bond acceptors (Lipinski definition) is 4. The number of aromatic nitrogens is 1. The maximum Gasteiger partial charge on any atom is 0.292 e. The fourth-order valence-corrected chi connectivity index (χ4v) is 4.08. The fourth-order valence-electron chi connectivity index (χ4n) is 3.18. The Hall–Kier alpha value is -2.35. The number of fused-ring (bicyclic) bond motifs is 3. The van der Waals surface area contributed by atoms with Crippen LogP contribution in [0.3, 0.4) is 0 Å². The Labute approximate surface area is 152 Å². The largest absolute Gasteiger partial charge is 0.292 e. The maximum atomic E-state index is 11.6. The fraction of sp³-hybridized carbons (Fsp3) is 0.111. The van der Waals surface area contributed by atoms with Crippen molar-refractivity contribution < 1.29 is 4.92 Å². The molecule has 2 aliphatic rings. The first-order valence-electron chi connectivity index (χ1n) is 7.49. The highest BCUT2D eigenvalue weighted by Crippen LogP contribution is 2.45. The predicted octanol–water partition coefficient (Wildman–Crippen LogP) is 4.35. The van der Waals surface area contributed by atoms with Gasteiger partial charge in [-0.1, -0.05) is 30.3 Å². The molecule has 24 heavy (non-hydrogen) atoms. The van der Waals surface area contributed by atoms with Crippen LogP contribution in [0, 0.1) is 16.0 Å². The number of rotatable bonds is 3. The van der Waals surface area contributed by atoms with Gasteiger partial charge in [-0.3, -0.25) is 20.1 Å². The van der Waals surface area contributed by atoms with Crippen LogP contribution in [-0.2, 0) is 6.42 Å². The minimum Gasteiger partial charge on any atom is -0.264 e. The minimum atomic E-state index is -0.300. The van der Waals surface area contributed by atoms with Gasteiger partial charge in [-0.2, -0.15) is 0 Å². The van der Waals surface area contributed by atoms with Crippen LogP contribution in [0.4, 0.5) is 5.69 Å². The van der Waals surface area contributed by atoms with Gasteiger partial charge in [0.15, 0.2) is 0 Å². The van der Waals surface area contributed by atoms with E-state index in [4.69, 9.17) is 4.99 Å². The zero-order chi connectivity index (χ0) is 16.7. The van der Waals surface area contributed by atoms with E-state index < -0.39 is 0 Å². The van der Waals surface area contributed by atoms with Gasteiger partial charge in [0, 0.05) is 23.9 Å². The number of nitro groups is 1. The third-order valence-corrected chi connectivity index (χ3v) is 5.06. The van der Waals surface area contributed by atoms with Crippen molar-refractivity contribution in [1.82, 2.24) is 4.98 Å². The van der Waals surface area contributed by atoms with E-state index in [1.807, 2.05) is 48.7 Å². The third kappa shape index (κ3) is 2.47. The lowest BCUT2D eigenvalue weighted by atomic mass is 9.84. The van der Waals surface area contributed by atoms with Crippen LogP contribution in [0.15, 0.2) is 69.1 Å². The summed E-state index contributed by atoms with van der Waals surface area (Å²) >= 11 is 2.06. The first-order chi connectivity index (χ1) is 11.6. The molecule has 0 saturated carbocycles. The minimum absolute atomic E-state index is 0.00667. The first kappa shape index (κ1) is 15.2. The summed E-state index contributed by atoms with van der Waals surface area (Å²) in [4.78, 5) is 20.2. The van der Waals surface area contributed by atoms with Crippen molar-refractivity contribution in [1.29, 1.82) is 0 Å². The Balaban J connectivity index is 1.84. The summed E-state index contributed by atoms with van der Waals surface area (Å²) in [5.74, 6) is 0.00667. The molecule has 2 aromatic rings. The average molecular weight is 429 g/mol. The van der Waals surface area contributed by atoms with Crippen LogP contribution in [0.2, 0.25) is 0 Å². The van der Waals surface area contributed by atoms with Gasteiger partial charge in [0.25, 0.3) is 5.70 Å². The van der Waals surface area contributed by atoms with E-state index in [9.17, 15) is 10.1 Å². The summed E-state index contributed by atoms with van der Waals surface area (Å²) in [6.45, 7) is 0. The molecule has 5 nitrogen and oxygen atoms in total. The van der Waals surface area contributed by atoms with Gasteiger partial charge in [0.2, 0.25) is 0 Å². The molecule has 4 rings (SSSR count). The molecular weight excluding hydrogens is 417 g/mol. The molecule has 1 unspecified atom stereocenters. The van der Waals surface area contributed by atoms with Crippen molar-refractivity contribution in [2.24, 2.45) is 10.9 Å². The van der Waals surface area contributed by atoms with Crippen LogP contribution in [0.1, 0.15) is 11.1 Å². The molecule has 0 radical (unpaired) electrons. The van der Waals surface area contributed by atoms with Crippen LogP contribution < -0.4 is 0 Å². The zero-order valence-electron chi connectivity index (χ0n) is 12.5. The van der Waals surface area contributed by atoms with Gasteiger partial charge >= 0.3 is 0 Å². The lowest BCUT2D eigenvalue weighted by molar-refractivity contribution is -0.418. The summed E-state index contributed by atoms with van der Waals surface area (Å²) < 4.78 is 0.664. The second-order valence-corrected chi connectivity index (χ2v) is 6.84. The smallest absolute Gasteiger partial charge is 0.264 e. The Morgan fingerprint density at radius 2 is 2.04 bits per heavy atom. The second kappa shape index (κ2) is 5.94. The highest BCUT2D eigenvalue weighted by molar-refractivity contribution is 14.1. The molecule has 0 saturated heterocycles. The number of para-hydroxylation sites is 1. The van der Waals surface area contributed by atoms with Crippen LogP contribution in [-0.4, -0.2) is 15.6 Å². The number of nitrogens with zero attached hydrogens (tertiary/aromatic N) is 3. The second-order valence-electron chi connectivity index (χ2n) is 5.68. The summed E-state index contributed by atoms with van der Waals surface area (Å²) in [6.07, 6.45) is 6.24. The highest BCUT2D eigenvalue weighted by atomic mass is 127. The number of allylic oxidation sites excluding steroid dienone is 3. The molecule has 118 valence electrons. The van der Waals surface area contributed by atoms with E-state index in [1.54, 1.807) is 6.20 Å². The lowest BCUT2D eigenvalue weighted by Gasteiger charge is -2.20. The molecule has 2 heterocycles. The Bertz CT molecular complexity index is 932. The predicted molar refractivity (Wildman–Crippen MR) is 101 cm³/mol.